The van der Waals surface area contributed by atoms with Crippen LogP contribution in [0.5, 0.6) is 0 Å². The van der Waals surface area contributed by atoms with Crippen molar-refractivity contribution in [2.75, 3.05) is 44.2 Å². The second-order valence-electron chi connectivity index (χ2n) is 8.13. The van der Waals surface area contributed by atoms with E-state index in [0.717, 1.165) is 25.9 Å². The minimum Gasteiger partial charge on any atom is -0.368 e. The summed E-state index contributed by atoms with van der Waals surface area (Å²) in [7, 11) is -3.45. The van der Waals surface area contributed by atoms with Gasteiger partial charge in [-0.25, -0.2) is 8.42 Å². The van der Waals surface area contributed by atoms with Crippen molar-refractivity contribution in [3.05, 3.63) is 59.2 Å². The molecular weight excluding hydrogens is 398 g/mol. The molecule has 30 heavy (non-hydrogen) atoms. The normalized spacial score (nSPS) is 18.1. The van der Waals surface area contributed by atoms with Crippen molar-refractivity contribution in [2.24, 2.45) is 0 Å². The van der Waals surface area contributed by atoms with Crippen LogP contribution in [0.25, 0.3) is 0 Å². The molecule has 0 N–H and O–H groups in total. The first-order chi connectivity index (χ1) is 14.4. The molecule has 2 saturated heterocycles. The Kier molecular flexibility index (Phi) is 5.84. The molecule has 0 spiro atoms. The molecule has 0 aromatic heterocycles. The van der Waals surface area contributed by atoms with Crippen LogP contribution < -0.4 is 4.90 Å². The van der Waals surface area contributed by atoms with E-state index in [-0.39, 0.29) is 10.8 Å². The maximum absolute atomic E-state index is 12.9. The zero-order valence-corrected chi connectivity index (χ0v) is 18.5. The highest BCUT2D eigenvalue weighted by Crippen LogP contribution is 2.25. The molecule has 0 bridgehead atoms. The van der Waals surface area contributed by atoms with E-state index < -0.39 is 10.0 Å². The van der Waals surface area contributed by atoms with E-state index in [4.69, 9.17) is 0 Å². The first-order valence-corrected chi connectivity index (χ1v) is 12.0. The predicted molar refractivity (Wildman–Crippen MR) is 118 cm³/mol. The Hall–Kier alpha value is -2.38. The van der Waals surface area contributed by atoms with Crippen molar-refractivity contribution in [1.29, 1.82) is 0 Å². The number of benzene rings is 2. The first kappa shape index (κ1) is 20.9. The molecule has 6 nitrogen and oxygen atoms in total. The molecule has 1 amide bonds. The lowest BCUT2D eigenvalue weighted by Gasteiger charge is -2.37. The smallest absolute Gasteiger partial charge is 0.253 e. The van der Waals surface area contributed by atoms with Crippen molar-refractivity contribution in [3.63, 3.8) is 0 Å². The largest absolute Gasteiger partial charge is 0.368 e. The van der Waals surface area contributed by atoms with Crippen molar-refractivity contribution in [1.82, 2.24) is 9.21 Å². The van der Waals surface area contributed by atoms with Crippen molar-refractivity contribution >= 4 is 21.6 Å². The monoisotopic (exact) mass is 427 g/mol. The van der Waals surface area contributed by atoms with Crippen LogP contribution in [0.3, 0.4) is 0 Å². The van der Waals surface area contributed by atoms with Gasteiger partial charge in [-0.05, 0) is 68.1 Å². The molecule has 2 heterocycles. The van der Waals surface area contributed by atoms with Gasteiger partial charge in [0.25, 0.3) is 5.91 Å². The van der Waals surface area contributed by atoms with E-state index >= 15 is 0 Å². The van der Waals surface area contributed by atoms with E-state index in [1.54, 1.807) is 24.3 Å². The summed E-state index contributed by atoms with van der Waals surface area (Å²) >= 11 is 0. The Morgan fingerprint density at radius 3 is 2.10 bits per heavy atom. The second kappa shape index (κ2) is 8.40. The summed E-state index contributed by atoms with van der Waals surface area (Å²) in [6, 6.07) is 12.7. The van der Waals surface area contributed by atoms with Crippen LogP contribution in [-0.2, 0) is 10.0 Å². The number of carbonyl (C=O) groups excluding carboxylic acids is 1. The van der Waals surface area contributed by atoms with Crippen LogP contribution in [0.1, 0.15) is 34.3 Å². The van der Waals surface area contributed by atoms with Crippen LogP contribution in [0.15, 0.2) is 47.4 Å². The Bertz CT molecular complexity index is 1020. The van der Waals surface area contributed by atoms with Gasteiger partial charge < -0.3 is 9.80 Å². The highest BCUT2D eigenvalue weighted by atomic mass is 32.2. The third-order valence-electron chi connectivity index (χ3n) is 6.29. The molecule has 0 unspecified atom stereocenters. The minimum atomic E-state index is -3.45. The first-order valence-electron chi connectivity index (χ1n) is 10.6. The van der Waals surface area contributed by atoms with Gasteiger partial charge in [0.1, 0.15) is 0 Å². The molecule has 2 aliphatic rings. The molecule has 2 aliphatic heterocycles. The van der Waals surface area contributed by atoms with Gasteiger partial charge >= 0.3 is 0 Å². The van der Waals surface area contributed by atoms with Crippen LogP contribution in [-0.4, -0.2) is 62.8 Å². The number of rotatable bonds is 4. The number of hydrogen-bond acceptors (Lipinski definition) is 4. The van der Waals surface area contributed by atoms with Crippen LogP contribution >= 0.6 is 0 Å². The Labute approximate surface area is 179 Å². The standard InChI is InChI=1S/C23H29N3O3S/c1-18-6-5-7-22(19(18)2)24-14-16-25(17-15-24)23(27)20-8-10-21(11-9-20)30(28,29)26-12-3-4-13-26/h5-11H,3-4,12-17H2,1-2H3. The summed E-state index contributed by atoms with van der Waals surface area (Å²) < 4.78 is 26.9. The number of sulfonamides is 1. The number of piperazine rings is 1. The average Bonchev–Trinajstić information content (AvgIpc) is 3.31. The lowest BCUT2D eigenvalue weighted by Crippen LogP contribution is -2.49. The Morgan fingerprint density at radius 2 is 1.47 bits per heavy atom. The number of hydrogen-bond donors (Lipinski definition) is 0. The van der Waals surface area contributed by atoms with Crippen molar-refractivity contribution in [2.45, 2.75) is 31.6 Å². The van der Waals surface area contributed by atoms with Gasteiger partial charge in [-0.15, -0.1) is 0 Å². The molecule has 2 aromatic rings. The fraction of sp³-hybridized carbons (Fsp3) is 0.435. The summed E-state index contributed by atoms with van der Waals surface area (Å²) in [6.45, 7) is 8.29. The summed E-state index contributed by atoms with van der Waals surface area (Å²) in [5, 5.41) is 0. The summed E-state index contributed by atoms with van der Waals surface area (Å²) in [5.74, 6) is -0.0410. The third kappa shape index (κ3) is 3.96. The third-order valence-corrected chi connectivity index (χ3v) is 8.20. The summed E-state index contributed by atoms with van der Waals surface area (Å²) in [5.41, 5.74) is 4.33. The van der Waals surface area contributed by atoms with E-state index in [1.165, 1.54) is 21.1 Å². The van der Waals surface area contributed by atoms with Gasteiger partial charge in [-0.1, -0.05) is 12.1 Å². The molecule has 2 aromatic carbocycles. The van der Waals surface area contributed by atoms with Gasteiger partial charge in [0.05, 0.1) is 4.90 Å². The fourth-order valence-corrected chi connectivity index (χ4v) is 5.78. The molecule has 160 valence electrons. The van der Waals surface area contributed by atoms with Gasteiger partial charge in [-0.3, -0.25) is 4.79 Å². The van der Waals surface area contributed by atoms with Crippen molar-refractivity contribution in [3.8, 4) is 0 Å². The summed E-state index contributed by atoms with van der Waals surface area (Å²) in [4.78, 5) is 17.4. The van der Waals surface area contributed by atoms with Gasteiger partial charge in [0.15, 0.2) is 0 Å². The van der Waals surface area contributed by atoms with E-state index in [0.29, 0.717) is 31.7 Å². The molecule has 0 atom stereocenters. The molecule has 4 rings (SSSR count). The molecule has 2 fully saturated rings. The average molecular weight is 428 g/mol. The Morgan fingerprint density at radius 1 is 0.833 bits per heavy atom. The van der Waals surface area contributed by atoms with Gasteiger partial charge in [0.2, 0.25) is 10.0 Å². The lowest BCUT2D eigenvalue weighted by atomic mass is 10.1. The minimum absolute atomic E-state index is 0.0410. The highest BCUT2D eigenvalue weighted by molar-refractivity contribution is 7.89. The molecule has 7 heteroatoms. The molecule has 0 saturated carbocycles. The molecule has 0 aliphatic carbocycles. The highest BCUT2D eigenvalue weighted by Gasteiger charge is 2.28. The maximum Gasteiger partial charge on any atom is 0.253 e. The second-order valence-corrected chi connectivity index (χ2v) is 10.1. The van der Waals surface area contributed by atoms with E-state index in [9.17, 15) is 13.2 Å². The number of aryl methyl sites for hydroxylation is 1. The number of nitrogens with zero attached hydrogens (tertiary/aromatic N) is 3. The van der Waals surface area contributed by atoms with E-state index in [2.05, 4.69) is 36.9 Å². The van der Waals surface area contributed by atoms with Crippen LogP contribution in [0.2, 0.25) is 0 Å². The molecular formula is C23H29N3O3S. The van der Waals surface area contributed by atoms with E-state index in [1.807, 2.05) is 4.90 Å². The van der Waals surface area contributed by atoms with Gasteiger partial charge in [-0.2, -0.15) is 4.31 Å². The zero-order valence-electron chi connectivity index (χ0n) is 17.7. The van der Waals surface area contributed by atoms with Crippen LogP contribution in [0.4, 0.5) is 5.69 Å². The van der Waals surface area contributed by atoms with Crippen LogP contribution in [0, 0.1) is 13.8 Å². The SMILES string of the molecule is Cc1cccc(N2CCN(C(=O)c3ccc(S(=O)(=O)N4CCCC4)cc3)CC2)c1C. The number of amides is 1. The predicted octanol–water partition coefficient (Wildman–Crippen LogP) is 3.05. The maximum atomic E-state index is 12.9. The van der Waals surface area contributed by atoms with Gasteiger partial charge in [0, 0.05) is 50.5 Å². The zero-order chi connectivity index (χ0) is 21.3. The van der Waals surface area contributed by atoms with Crippen molar-refractivity contribution < 1.29 is 13.2 Å². The topological polar surface area (TPSA) is 60.9 Å². The Balaban J connectivity index is 1.41. The number of anilines is 1. The quantitative estimate of drug-likeness (QED) is 0.753. The summed E-state index contributed by atoms with van der Waals surface area (Å²) in [6.07, 6.45) is 1.81. The number of carbonyl (C=O) groups is 1. The lowest BCUT2D eigenvalue weighted by molar-refractivity contribution is 0.0746. The fourth-order valence-electron chi connectivity index (χ4n) is 4.26. The molecule has 0 radical (unpaired) electrons.